The van der Waals surface area contributed by atoms with Gasteiger partial charge in [0.15, 0.2) is 0 Å². The van der Waals surface area contributed by atoms with E-state index in [9.17, 15) is 4.79 Å². The van der Waals surface area contributed by atoms with Gasteiger partial charge in [-0.2, -0.15) is 0 Å². The van der Waals surface area contributed by atoms with Crippen molar-refractivity contribution < 1.29 is 9.90 Å². The van der Waals surface area contributed by atoms with Crippen molar-refractivity contribution in [2.75, 3.05) is 5.88 Å². The first-order valence-electron chi connectivity index (χ1n) is 4.01. The summed E-state index contributed by atoms with van der Waals surface area (Å²) < 4.78 is 0. The fourth-order valence-corrected chi connectivity index (χ4v) is 1.24. The van der Waals surface area contributed by atoms with E-state index in [4.69, 9.17) is 16.7 Å². The minimum atomic E-state index is -0.709. The van der Waals surface area contributed by atoms with Gasteiger partial charge >= 0.3 is 5.97 Å². The Bertz CT molecular complexity index is 115. The highest BCUT2D eigenvalue weighted by Crippen LogP contribution is 2.13. The second-order valence-corrected chi connectivity index (χ2v) is 3.03. The summed E-state index contributed by atoms with van der Waals surface area (Å²) >= 11 is 5.46. The van der Waals surface area contributed by atoms with Crippen LogP contribution in [0.2, 0.25) is 0 Å². The number of halogens is 1. The van der Waals surface area contributed by atoms with E-state index in [1.54, 1.807) is 0 Å². The topological polar surface area (TPSA) is 37.3 Å². The number of carboxylic acid groups (broad SMARTS) is 1. The predicted octanol–water partition coefficient (Wildman–Crippen LogP) is 2.51. The van der Waals surface area contributed by atoms with Gasteiger partial charge in [-0.3, -0.25) is 4.79 Å². The van der Waals surface area contributed by atoms with E-state index in [0.29, 0.717) is 12.3 Å². The lowest BCUT2D eigenvalue weighted by Crippen LogP contribution is -2.13. The van der Waals surface area contributed by atoms with Crippen LogP contribution < -0.4 is 0 Å². The van der Waals surface area contributed by atoms with Crippen LogP contribution in [0, 0.1) is 5.92 Å². The summed E-state index contributed by atoms with van der Waals surface area (Å²) in [5.41, 5.74) is 0. The van der Waals surface area contributed by atoms with Gasteiger partial charge in [-0.1, -0.05) is 19.8 Å². The lowest BCUT2D eigenvalue weighted by Gasteiger charge is -2.08. The molecule has 0 saturated carbocycles. The molecule has 0 fully saturated rings. The van der Waals surface area contributed by atoms with Gasteiger partial charge in [0.1, 0.15) is 0 Å². The fraction of sp³-hybridized carbons (Fsp3) is 0.875. The van der Waals surface area contributed by atoms with E-state index in [2.05, 4.69) is 6.92 Å². The molecule has 0 aromatic rings. The maximum absolute atomic E-state index is 10.5. The van der Waals surface area contributed by atoms with Gasteiger partial charge in [0.05, 0.1) is 5.92 Å². The van der Waals surface area contributed by atoms with Crippen molar-refractivity contribution in [1.82, 2.24) is 0 Å². The largest absolute Gasteiger partial charge is 0.481 e. The molecule has 0 heterocycles. The molecule has 0 radical (unpaired) electrons. The first-order valence-corrected chi connectivity index (χ1v) is 4.54. The number of carbonyl (C=O) groups is 1. The second-order valence-electron chi connectivity index (χ2n) is 2.66. The van der Waals surface area contributed by atoms with Gasteiger partial charge in [0.25, 0.3) is 0 Å². The summed E-state index contributed by atoms with van der Waals surface area (Å²) in [6.45, 7) is 2.06. The summed E-state index contributed by atoms with van der Waals surface area (Å²) in [5.74, 6) is -0.493. The van der Waals surface area contributed by atoms with Gasteiger partial charge in [0, 0.05) is 5.88 Å². The molecule has 0 aromatic heterocycles. The quantitative estimate of drug-likeness (QED) is 0.635. The van der Waals surface area contributed by atoms with Crippen molar-refractivity contribution in [3.8, 4) is 0 Å². The number of unbranched alkanes of at least 4 members (excludes halogenated alkanes) is 1. The van der Waals surface area contributed by atoms with Crippen molar-refractivity contribution in [1.29, 1.82) is 0 Å². The van der Waals surface area contributed by atoms with Crippen LogP contribution >= 0.6 is 11.6 Å². The first-order chi connectivity index (χ1) is 5.22. The molecule has 0 amide bonds. The van der Waals surface area contributed by atoms with Gasteiger partial charge in [-0.25, -0.2) is 0 Å². The van der Waals surface area contributed by atoms with E-state index in [-0.39, 0.29) is 5.92 Å². The molecule has 0 aliphatic rings. The van der Waals surface area contributed by atoms with Gasteiger partial charge in [-0.05, 0) is 12.8 Å². The van der Waals surface area contributed by atoms with Crippen molar-refractivity contribution >= 4 is 17.6 Å². The summed E-state index contributed by atoms with van der Waals surface area (Å²) in [6, 6.07) is 0. The Kier molecular flexibility index (Phi) is 6.33. The Hall–Kier alpha value is -0.240. The van der Waals surface area contributed by atoms with E-state index < -0.39 is 5.97 Å². The SMILES string of the molecule is CCCCC(CCCl)C(=O)O. The molecular weight excluding hydrogens is 164 g/mol. The fourth-order valence-electron chi connectivity index (χ4n) is 0.974. The molecule has 11 heavy (non-hydrogen) atoms. The molecule has 0 bridgehead atoms. The number of carboxylic acids is 1. The maximum atomic E-state index is 10.5. The molecule has 1 atom stereocenters. The van der Waals surface area contributed by atoms with Gasteiger partial charge < -0.3 is 5.11 Å². The monoisotopic (exact) mass is 178 g/mol. The Labute approximate surface area is 72.6 Å². The number of rotatable bonds is 6. The molecule has 66 valence electrons. The van der Waals surface area contributed by atoms with Crippen molar-refractivity contribution in [3.05, 3.63) is 0 Å². The van der Waals surface area contributed by atoms with Crippen molar-refractivity contribution in [2.24, 2.45) is 5.92 Å². The third-order valence-electron chi connectivity index (χ3n) is 1.71. The van der Waals surface area contributed by atoms with Gasteiger partial charge in [-0.15, -0.1) is 11.6 Å². The molecule has 0 aliphatic heterocycles. The van der Waals surface area contributed by atoms with Crippen molar-refractivity contribution in [2.45, 2.75) is 32.6 Å². The first kappa shape index (κ1) is 10.8. The molecular formula is C8H15ClO2. The lowest BCUT2D eigenvalue weighted by molar-refractivity contribution is -0.142. The third-order valence-corrected chi connectivity index (χ3v) is 1.93. The average Bonchev–Trinajstić information content (AvgIpc) is 1.97. The summed E-state index contributed by atoms with van der Waals surface area (Å²) in [7, 11) is 0. The minimum Gasteiger partial charge on any atom is -0.481 e. The lowest BCUT2D eigenvalue weighted by atomic mass is 10.00. The molecule has 2 nitrogen and oxygen atoms in total. The summed E-state index contributed by atoms with van der Waals surface area (Å²) in [5, 5.41) is 8.67. The Morgan fingerprint density at radius 3 is 2.55 bits per heavy atom. The Balaban J connectivity index is 3.60. The van der Waals surface area contributed by atoms with Crippen LogP contribution in [0.3, 0.4) is 0 Å². The van der Waals surface area contributed by atoms with Gasteiger partial charge in [0.2, 0.25) is 0 Å². The number of alkyl halides is 1. The number of aliphatic carboxylic acids is 1. The van der Waals surface area contributed by atoms with Crippen LogP contribution in [0.5, 0.6) is 0 Å². The zero-order valence-electron chi connectivity index (χ0n) is 6.85. The highest BCUT2D eigenvalue weighted by atomic mass is 35.5. The van der Waals surface area contributed by atoms with E-state index in [0.717, 1.165) is 19.3 Å². The standard InChI is InChI=1S/C8H15ClO2/c1-2-3-4-7(5-6-9)8(10)11/h7H,2-6H2,1H3,(H,10,11). The van der Waals surface area contributed by atoms with E-state index in [1.807, 2.05) is 0 Å². The van der Waals surface area contributed by atoms with Crippen LogP contribution in [-0.4, -0.2) is 17.0 Å². The second kappa shape index (κ2) is 6.47. The molecule has 1 unspecified atom stereocenters. The zero-order chi connectivity index (χ0) is 8.69. The summed E-state index contributed by atoms with van der Waals surface area (Å²) in [6.07, 6.45) is 3.38. The average molecular weight is 179 g/mol. The minimum absolute atomic E-state index is 0.229. The highest BCUT2D eigenvalue weighted by molar-refractivity contribution is 6.17. The van der Waals surface area contributed by atoms with Crippen molar-refractivity contribution in [3.63, 3.8) is 0 Å². The molecule has 0 spiro atoms. The highest BCUT2D eigenvalue weighted by Gasteiger charge is 2.14. The van der Waals surface area contributed by atoms with Crippen LogP contribution in [0.1, 0.15) is 32.6 Å². The normalized spacial score (nSPS) is 12.9. The molecule has 0 aromatic carbocycles. The van der Waals surface area contributed by atoms with E-state index in [1.165, 1.54) is 0 Å². The Morgan fingerprint density at radius 2 is 2.18 bits per heavy atom. The third kappa shape index (κ3) is 5.08. The molecule has 0 rings (SSSR count). The summed E-state index contributed by atoms with van der Waals surface area (Å²) in [4.78, 5) is 10.5. The molecule has 0 saturated heterocycles. The van der Waals surface area contributed by atoms with Crippen LogP contribution in [0.4, 0.5) is 0 Å². The number of hydrogen-bond donors (Lipinski definition) is 1. The van der Waals surface area contributed by atoms with Crippen LogP contribution in [0.25, 0.3) is 0 Å². The molecule has 0 aliphatic carbocycles. The van der Waals surface area contributed by atoms with Crippen LogP contribution in [-0.2, 0) is 4.79 Å². The predicted molar refractivity (Wildman–Crippen MR) is 46.0 cm³/mol. The smallest absolute Gasteiger partial charge is 0.306 e. The maximum Gasteiger partial charge on any atom is 0.306 e. The zero-order valence-corrected chi connectivity index (χ0v) is 7.60. The van der Waals surface area contributed by atoms with E-state index >= 15 is 0 Å². The Morgan fingerprint density at radius 1 is 1.55 bits per heavy atom. The molecule has 1 N–H and O–H groups in total. The van der Waals surface area contributed by atoms with Crippen LogP contribution in [0.15, 0.2) is 0 Å². The number of hydrogen-bond acceptors (Lipinski definition) is 1. The molecule has 3 heteroatoms.